The van der Waals surface area contributed by atoms with Crippen LogP contribution in [0.5, 0.6) is 6.01 Å². The molecule has 0 fully saturated rings. The molecule has 0 amide bonds. The summed E-state index contributed by atoms with van der Waals surface area (Å²) >= 11 is 0. The average molecular weight is 296 g/mol. The Morgan fingerprint density at radius 3 is 2.73 bits per heavy atom. The monoisotopic (exact) mass is 296 g/mol. The predicted octanol–water partition coefficient (Wildman–Crippen LogP) is 1.90. The van der Waals surface area contributed by atoms with Crippen molar-refractivity contribution in [1.29, 1.82) is 0 Å². The van der Waals surface area contributed by atoms with Gasteiger partial charge in [0.15, 0.2) is 5.82 Å². The first-order valence-corrected chi connectivity index (χ1v) is 7.02. The highest BCUT2D eigenvalue weighted by atomic mass is 16.5. The maximum absolute atomic E-state index is 5.51. The van der Waals surface area contributed by atoms with Crippen LogP contribution in [0, 0.1) is 6.92 Å². The second-order valence-electron chi connectivity index (χ2n) is 4.86. The van der Waals surface area contributed by atoms with Gasteiger partial charge in [0.05, 0.1) is 6.20 Å². The third kappa shape index (κ3) is 3.25. The molecule has 112 valence electrons. The molecule has 22 heavy (non-hydrogen) atoms. The van der Waals surface area contributed by atoms with Crippen LogP contribution in [0.3, 0.4) is 0 Å². The van der Waals surface area contributed by atoms with E-state index in [2.05, 4.69) is 32.2 Å². The summed E-state index contributed by atoms with van der Waals surface area (Å²) in [7, 11) is 0. The summed E-state index contributed by atoms with van der Waals surface area (Å²) in [6, 6.07) is 4.20. The van der Waals surface area contributed by atoms with Gasteiger partial charge in [-0.2, -0.15) is 0 Å². The molecule has 0 radical (unpaired) electrons. The van der Waals surface area contributed by atoms with E-state index >= 15 is 0 Å². The van der Waals surface area contributed by atoms with Crippen LogP contribution in [0.15, 0.2) is 36.9 Å². The normalized spacial score (nSPS) is 10.6. The minimum atomic E-state index is 0.261. The molecule has 3 aromatic heterocycles. The van der Waals surface area contributed by atoms with Gasteiger partial charge >= 0.3 is 6.01 Å². The van der Waals surface area contributed by atoms with E-state index in [0.29, 0.717) is 11.7 Å². The maximum atomic E-state index is 5.51. The topological polar surface area (TPSA) is 78.6 Å². The molecule has 0 bridgehead atoms. The predicted molar refractivity (Wildman–Crippen MR) is 79.6 cm³/mol. The van der Waals surface area contributed by atoms with Crippen LogP contribution in [0.4, 0.5) is 0 Å². The van der Waals surface area contributed by atoms with Crippen LogP contribution in [0.1, 0.15) is 23.7 Å². The second kappa shape index (κ2) is 6.30. The quantitative estimate of drug-likeness (QED) is 0.715. The average Bonchev–Trinajstić information content (AvgIpc) is 3.02. The first-order valence-electron chi connectivity index (χ1n) is 7.02. The van der Waals surface area contributed by atoms with E-state index in [9.17, 15) is 0 Å². The lowest BCUT2D eigenvalue weighted by Gasteiger charge is -2.02. The minimum Gasteiger partial charge on any atom is -0.457 e. The highest BCUT2D eigenvalue weighted by Crippen LogP contribution is 2.08. The van der Waals surface area contributed by atoms with Crippen molar-refractivity contribution in [2.75, 3.05) is 0 Å². The first-order chi connectivity index (χ1) is 10.7. The number of aromatic nitrogens is 6. The lowest BCUT2D eigenvalue weighted by Crippen LogP contribution is -2.00. The third-order valence-corrected chi connectivity index (χ3v) is 3.12. The number of pyridine rings is 1. The number of ether oxygens (including phenoxy) is 1. The Morgan fingerprint density at radius 1 is 1.18 bits per heavy atom. The number of aryl methyl sites for hydroxylation is 2. The molecule has 0 spiro atoms. The maximum Gasteiger partial charge on any atom is 0.316 e. The van der Waals surface area contributed by atoms with Gasteiger partial charge in [-0.25, -0.2) is 19.6 Å². The van der Waals surface area contributed by atoms with Crippen LogP contribution in [0.2, 0.25) is 0 Å². The molecule has 0 N–H and O–H groups in total. The molecule has 0 aliphatic carbocycles. The van der Waals surface area contributed by atoms with E-state index in [0.717, 1.165) is 23.4 Å². The molecule has 3 aromatic rings. The van der Waals surface area contributed by atoms with Gasteiger partial charge < -0.3 is 4.74 Å². The summed E-state index contributed by atoms with van der Waals surface area (Å²) in [4.78, 5) is 12.5. The van der Waals surface area contributed by atoms with E-state index in [-0.39, 0.29) is 6.61 Å². The van der Waals surface area contributed by atoms with Gasteiger partial charge in [0, 0.05) is 18.6 Å². The fraction of sp³-hybridized carbons (Fsp3) is 0.267. The Labute approximate surface area is 128 Å². The van der Waals surface area contributed by atoms with Crippen molar-refractivity contribution in [1.82, 2.24) is 29.9 Å². The zero-order chi connectivity index (χ0) is 15.4. The van der Waals surface area contributed by atoms with Gasteiger partial charge in [-0.1, -0.05) is 12.1 Å². The molecule has 0 aliphatic heterocycles. The largest absolute Gasteiger partial charge is 0.457 e. The van der Waals surface area contributed by atoms with Crippen molar-refractivity contribution in [2.45, 2.75) is 26.9 Å². The molecule has 0 aliphatic rings. The summed E-state index contributed by atoms with van der Waals surface area (Å²) in [6.07, 6.45) is 7.94. The Balaban J connectivity index is 1.66. The molecule has 0 saturated heterocycles. The second-order valence-corrected chi connectivity index (χ2v) is 4.86. The molecule has 7 nitrogen and oxygen atoms in total. The summed E-state index contributed by atoms with van der Waals surface area (Å²) in [5.41, 5.74) is 2.87. The summed E-state index contributed by atoms with van der Waals surface area (Å²) in [6.45, 7) is 4.32. The zero-order valence-corrected chi connectivity index (χ0v) is 12.5. The Bertz CT molecular complexity index is 753. The summed E-state index contributed by atoms with van der Waals surface area (Å²) in [5.74, 6) is 0.724. The van der Waals surface area contributed by atoms with Crippen molar-refractivity contribution in [3.8, 4) is 11.8 Å². The van der Waals surface area contributed by atoms with Crippen molar-refractivity contribution < 1.29 is 4.74 Å². The third-order valence-electron chi connectivity index (χ3n) is 3.12. The van der Waals surface area contributed by atoms with Gasteiger partial charge in [0.25, 0.3) is 0 Å². The Morgan fingerprint density at radius 2 is 2.00 bits per heavy atom. The van der Waals surface area contributed by atoms with Crippen LogP contribution in [-0.4, -0.2) is 29.9 Å². The molecular formula is C15H16N6O. The SMILES string of the molecule is CCc1cnc(OCc2cn(-c3cc(C)ccn3)nn2)nc1. The molecule has 0 aromatic carbocycles. The zero-order valence-electron chi connectivity index (χ0n) is 12.5. The van der Waals surface area contributed by atoms with Crippen LogP contribution < -0.4 is 4.74 Å². The minimum absolute atomic E-state index is 0.261. The Kier molecular flexibility index (Phi) is 4.04. The highest BCUT2D eigenvalue weighted by molar-refractivity contribution is 5.25. The number of hydrogen-bond donors (Lipinski definition) is 0. The van der Waals surface area contributed by atoms with E-state index in [1.165, 1.54) is 0 Å². The fourth-order valence-corrected chi connectivity index (χ4v) is 1.86. The number of rotatable bonds is 5. The molecule has 0 atom stereocenters. The molecular weight excluding hydrogens is 280 g/mol. The van der Waals surface area contributed by atoms with Crippen molar-refractivity contribution in [3.63, 3.8) is 0 Å². The highest BCUT2D eigenvalue weighted by Gasteiger charge is 2.06. The van der Waals surface area contributed by atoms with E-state index in [1.807, 2.05) is 19.1 Å². The van der Waals surface area contributed by atoms with Crippen LogP contribution in [-0.2, 0) is 13.0 Å². The fourth-order valence-electron chi connectivity index (χ4n) is 1.86. The van der Waals surface area contributed by atoms with E-state index in [1.54, 1.807) is 29.5 Å². The molecule has 7 heteroatoms. The summed E-state index contributed by atoms with van der Waals surface area (Å²) in [5, 5.41) is 8.11. The van der Waals surface area contributed by atoms with Crippen molar-refractivity contribution >= 4 is 0 Å². The van der Waals surface area contributed by atoms with Gasteiger partial charge in [-0.3, -0.25) is 0 Å². The lowest BCUT2D eigenvalue weighted by atomic mass is 10.3. The first kappa shape index (κ1) is 14.1. The molecule has 3 rings (SSSR count). The standard InChI is InChI=1S/C15H16N6O/c1-3-12-7-17-15(18-8-12)22-10-13-9-21(20-19-13)14-6-11(2)4-5-16-14/h4-9H,3,10H2,1-2H3. The summed E-state index contributed by atoms with van der Waals surface area (Å²) < 4.78 is 7.12. The number of hydrogen-bond acceptors (Lipinski definition) is 6. The van der Waals surface area contributed by atoms with Gasteiger partial charge in [0.2, 0.25) is 0 Å². The number of nitrogens with zero attached hydrogens (tertiary/aromatic N) is 6. The van der Waals surface area contributed by atoms with Crippen molar-refractivity contribution in [3.05, 3.63) is 53.7 Å². The molecule has 0 saturated carbocycles. The lowest BCUT2D eigenvalue weighted by molar-refractivity contribution is 0.276. The van der Waals surface area contributed by atoms with Gasteiger partial charge in [-0.05, 0) is 36.6 Å². The van der Waals surface area contributed by atoms with Gasteiger partial charge in [-0.15, -0.1) is 5.10 Å². The Hall–Kier alpha value is -2.83. The van der Waals surface area contributed by atoms with Crippen LogP contribution in [0.25, 0.3) is 5.82 Å². The van der Waals surface area contributed by atoms with E-state index < -0.39 is 0 Å². The van der Waals surface area contributed by atoms with Gasteiger partial charge in [0.1, 0.15) is 12.3 Å². The smallest absolute Gasteiger partial charge is 0.316 e. The van der Waals surface area contributed by atoms with E-state index in [4.69, 9.17) is 4.74 Å². The molecule has 3 heterocycles. The van der Waals surface area contributed by atoms with Crippen LogP contribution >= 0.6 is 0 Å². The molecule has 0 unspecified atom stereocenters. The van der Waals surface area contributed by atoms with Crippen molar-refractivity contribution in [2.24, 2.45) is 0 Å².